The van der Waals surface area contributed by atoms with Crippen LogP contribution in [0.25, 0.3) is 0 Å². The first-order chi connectivity index (χ1) is 9.46. The van der Waals surface area contributed by atoms with Crippen molar-refractivity contribution in [3.05, 3.63) is 53.6 Å². The Morgan fingerprint density at radius 2 is 2.00 bits per heavy atom. The van der Waals surface area contributed by atoms with Crippen molar-refractivity contribution in [2.24, 2.45) is 0 Å². The number of hydrogen-bond acceptors (Lipinski definition) is 3. The van der Waals surface area contributed by atoms with Crippen LogP contribution in [0.3, 0.4) is 0 Å². The zero-order chi connectivity index (χ0) is 14.8. The van der Waals surface area contributed by atoms with Gasteiger partial charge < -0.3 is 4.74 Å². The number of halogens is 3. The molecule has 7 heteroatoms. The molecular weight excluding hydrogens is 273 g/mol. The van der Waals surface area contributed by atoms with E-state index >= 15 is 0 Å². The van der Waals surface area contributed by atoms with E-state index in [1.807, 2.05) is 0 Å². The summed E-state index contributed by atoms with van der Waals surface area (Å²) in [5, 5.41) is 3.29. The molecule has 20 heavy (non-hydrogen) atoms. The van der Waals surface area contributed by atoms with Crippen LogP contribution in [0.5, 0.6) is 0 Å². The molecule has 0 saturated carbocycles. The molecular formula is C13H11F3N2O2. The van der Waals surface area contributed by atoms with Crippen molar-refractivity contribution in [2.75, 3.05) is 6.61 Å². The van der Waals surface area contributed by atoms with E-state index in [2.05, 4.69) is 9.84 Å². The van der Waals surface area contributed by atoms with Gasteiger partial charge in [0.25, 0.3) is 0 Å². The number of hydrogen-bond donors (Lipinski definition) is 0. The fourth-order valence-electron chi connectivity index (χ4n) is 1.62. The van der Waals surface area contributed by atoms with Crippen LogP contribution in [0.2, 0.25) is 0 Å². The average molecular weight is 284 g/mol. The van der Waals surface area contributed by atoms with Crippen LogP contribution in [0.15, 0.2) is 36.4 Å². The highest BCUT2D eigenvalue weighted by atomic mass is 19.3. The number of benzene rings is 1. The first kappa shape index (κ1) is 14.1. The summed E-state index contributed by atoms with van der Waals surface area (Å²) in [5.41, 5.74) is -1.19. The van der Waals surface area contributed by atoms with Crippen LogP contribution in [-0.2, 0) is 10.7 Å². The second-order valence-electron chi connectivity index (χ2n) is 3.90. The van der Waals surface area contributed by atoms with Crippen LogP contribution < -0.4 is 0 Å². The van der Waals surface area contributed by atoms with Crippen molar-refractivity contribution in [3.63, 3.8) is 0 Å². The van der Waals surface area contributed by atoms with Gasteiger partial charge in [-0.15, -0.1) is 4.68 Å². The monoisotopic (exact) mass is 284 g/mol. The molecule has 4 nitrogen and oxygen atoms in total. The summed E-state index contributed by atoms with van der Waals surface area (Å²) < 4.78 is 46.5. The van der Waals surface area contributed by atoms with Gasteiger partial charge in [-0.3, -0.25) is 0 Å². The van der Waals surface area contributed by atoms with Crippen molar-refractivity contribution in [1.29, 1.82) is 0 Å². The second-order valence-corrected chi connectivity index (χ2v) is 3.90. The van der Waals surface area contributed by atoms with Gasteiger partial charge in [-0.2, -0.15) is 18.3 Å². The average Bonchev–Trinajstić information content (AvgIpc) is 2.83. The van der Waals surface area contributed by atoms with Crippen molar-refractivity contribution in [2.45, 2.75) is 12.8 Å². The summed E-state index contributed by atoms with van der Waals surface area (Å²) in [7, 11) is 0. The molecule has 1 aromatic carbocycles. The van der Waals surface area contributed by atoms with Crippen LogP contribution in [0.1, 0.15) is 18.2 Å². The molecule has 0 amide bonds. The largest absolute Gasteiger partial charge is 0.448 e. The van der Waals surface area contributed by atoms with Crippen LogP contribution in [0, 0.1) is 5.95 Å². The lowest BCUT2D eigenvalue weighted by Gasteiger charge is -2.13. The molecule has 2 rings (SSSR count). The summed E-state index contributed by atoms with van der Waals surface area (Å²) in [5.74, 6) is -4.70. The topological polar surface area (TPSA) is 44.1 Å². The molecule has 0 spiro atoms. The Bertz CT molecular complexity index is 611. The minimum absolute atomic E-state index is 0.0114. The molecule has 1 heterocycles. The lowest BCUT2D eigenvalue weighted by molar-refractivity contribution is 0.0373. The molecule has 0 fully saturated rings. The van der Waals surface area contributed by atoms with Gasteiger partial charge >= 0.3 is 12.0 Å². The molecule has 0 atom stereocenters. The molecule has 0 aliphatic carbocycles. The predicted molar refractivity (Wildman–Crippen MR) is 64.0 cm³/mol. The third-order valence-corrected chi connectivity index (χ3v) is 2.56. The number of carbonyl (C=O) groups is 1. The standard InChI is InChI=1S/C13H11F3N2O2/c1-2-20-12(19)18-11(14)8-10(17-18)13(15,16)9-6-4-3-5-7-9/h3-8H,2H2,1H3. The first-order valence-electron chi connectivity index (χ1n) is 5.83. The predicted octanol–water partition coefficient (Wildman–Crippen LogP) is 3.17. The molecule has 0 bridgehead atoms. The lowest BCUT2D eigenvalue weighted by atomic mass is 10.1. The smallest absolute Gasteiger partial charge is 0.437 e. The SMILES string of the molecule is CCOC(=O)n1nc(C(F)(F)c2ccccc2)cc1F. The molecule has 2 aromatic rings. The third kappa shape index (κ3) is 2.52. The van der Waals surface area contributed by atoms with Gasteiger partial charge in [-0.1, -0.05) is 30.3 Å². The molecule has 106 valence electrons. The van der Waals surface area contributed by atoms with E-state index in [0.717, 1.165) is 0 Å². The number of carbonyl (C=O) groups excluding carboxylic acids is 1. The van der Waals surface area contributed by atoms with Gasteiger partial charge in [0.05, 0.1) is 6.61 Å². The molecule has 1 aromatic heterocycles. The van der Waals surface area contributed by atoms with E-state index < -0.39 is 23.7 Å². The Morgan fingerprint density at radius 3 is 2.60 bits per heavy atom. The number of nitrogens with zero attached hydrogens (tertiary/aromatic N) is 2. The Morgan fingerprint density at radius 1 is 1.35 bits per heavy atom. The van der Waals surface area contributed by atoms with Gasteiger partial charge in [-0.05, 0) is 6.92 Å². The van der Waals surface area contributed by atoms with E-state index in [1.54, 1.807) is 6.07 Å². The van der Waals surface area contributed by atoms with Crippen LogP contribution in [0.4, 0.5) is 18.0 Å². The number of alkyl halides is 2. The summed E-state index contributed by atoms with van der Waals surface area (Å²) in [6, 6.07) is 7.35. The highest BCUT2D eigenvalue weighted by Crippen LogP contribution is 2.34. The highest BCUT2D eigenvalue weighted by Gasteiger charge is 2.38. The van der Waals surface area contributed by atoms with E-state index in [1.165, 1.54) is 31.2 Å². The quantitative estimate of drug-likeness (QED) is 0.869. The summed E-state index contributed by atoms with van der Waals surface area (Å²) in [6.45, 7) is 1.50. The van der Waals surface area contributed by atoms with Crippen molar-refractivity contribution < 1.29 is 22.7 Å². The van der Waals surface area contributed by atoms with E-state index in [4.69, 9.17) is 0 Å². The molecule has 0 aliphatic heterocycles. The van der Waals surface area contributed by atoms with E-state index in [-0.39, 0.29) is 16.9 Å². The van der Waals surface area contributed by atoms with Crippen LogP contribution in [-0.4, -0.2) is 22.5 Å². The first-order valence-corrected chi connectivity index (χ1v) is 5.83. The zero-order valence-corrected chi connectivity index (χ0v) is 10.5. The van der Waals surface area contributed by atoms with E-state index in [9.17, 15) is 18.0 Å². The summed E-state index contributed by atoms with van der Waals surface area (Å²) in [4.78, 5) is 11.3. The van der Waals surface area contributed by atoms with Gasteiger partial charge in [0, 0.05) is 11.6 Å². The van der Waals surface area contributed by atoms with Crippen molar-refractivity contribution in [3.8, 4) is 0 Å². The highest BCUT2D eigenvalue weighted by molar-refractivity contribution is 5.69. The maximum atomic E-state index is 14.1. The maximum absolute atomic E-state index is 14.1. The number of ether oxygens (including phenoxy) is 1. The molecule has 0 N–H and O–H groups in total. The zero-order valence-electron chi connectivity index (χ0n) is 10.5. The molecule has 0 aliphatic rings. The fourth-order valence-corrected chi connectivity index (χ4v) is 1.62. The fraction of sp³-hybridized carbons (Fsp3) is 0.231. The molecule has 0 unspecified atom stereocenters. The second kappa shape index (κ2) is 5.36. The normalized spacial score (nSPS) is 11.4. The summed E-state index contributed by atoms with van der Waals surface area (Å²) >= 11 is 0. The Hall–Kier alpha value is -2.31. The van der Waals surface area contributed by atoms with Gasteiger partial charge in [0.15, 0.2) is 0 Å². The minimum Gasteiger partial charge on any atom is -0.448 e. The Labute approximate surface area is 112 Å². The Balaban J connectivity index is 2.39. The lowest BCUT2D eigenvalue weighted by Crippen LogP contribution is -2.20. The Kier molecular flexibility index (Phi) is 3.78. The van der Waals surface area contributed by atoms with E-state index in [0.29, 0.717) is 6.07 Å². The van der Waals surface area contributed by atoms with Crippen molar-refractivity contribution >= 4 is 6.09 Å². The van der Waals surface area contributed by atoms with Crippen molar-refractivity contribution in [1.82, 2.24) is 9.78 Å². The van der Waals surface area contributed by atoms with Gasteiger partial charge in [0.2, 0.25) is 5.95 Å². The third-order valence-electron chi connectivity index (χ3n) is 2.56. The number of aromatic nitrogens is 2. The van der Waals surface area contributed by atoms with Crippen LogP contribution >= 0.6 is 0 Å². The minimum atomic E-state index is -3.50. The van der Waals surface area contributed by atoms with Gasteiger partial charge in [0.1, 0.15) is 5.69 Å². The molecule has 0 radical (unpaired) electrons. The maximum Gasteiger partial charge on any atom is 0.437 e. The van der Waals surface area contributed by atoms with Gasteiger partial charge in [-0.25, -0.2) is 4.79 Å². The number of rotatable bonds is 3. The molecule has 0 saturated heterocycles. The summed E-state index contributed by atoms with van der Waals surface area (Å²) in [6.07, 6.45) is -1.14.